The van der Waals surface area contributed by atoms with Crippen LogP contribution in [0.2, 0.25) is 0 Å². The highest BCUT2D eigenvalue weighted by Crippen LogP contribution is 2.25. The van der Waals surface area contributed by atoms with Gasteiger partial charge in [0.1, 0.15) is 5.82 Å². The van der Waals surface area contributed by atoms with Crippen molar-refractivity contribution in [1.82, 2.24) is 9.97 Å². The molecule has 0 saturated heterocycles. The summed E-state index contributed by atoms with van der Waals surface area (Å²) >= 11 is 0. The molecule has 4 nitrogen and oxygen atoms in total. The minimum Gasteiger partial charge on any atom is -0.354 e. The molecule has 2 rings (SSSR count). The normalized spacial score (nSPS) is 10.5. The Morgan fingerprint density at radius 3 is 2.62 bits per heavy atom. The van der Waals surface area contributed by atoms with E-state index in [4.69, 9.17) is 0 Å². The molecule has 0 spiro atoms. The largest absolute Gasteiger partial charge is 0.354 e. The second-order valence-electron chi connectivity index (χ2n) is 5.23. The summed E-state index contributed by atoms with van der Waals surface area (Å²) in [4.78, 5) is 8.97. The second-order valence-corrected chi connectivity index (χ2v) is 5.23. The maximum atomic E-state index is 4.55. The third-order valence-corrected chi connectivity index (χ3v) is 3.38. The van der Waals surface area contributed by atoms with Gasteiger partial charge >= 0.3 is 0 Å². The van der Waals surface area contributed by atoms with E-state index in [9.17, 15) is 0 Å². The van der Waals surface area contributed by atoms with Crippen molar-refractivity contribution in [2.45, 2.75) is 40.5 Å². The molecular weight excluding hydrogens is 260 g/mol. The third-order valence-electron chi connectivity index (χ3n) is 3.38. The number of aryl methyl sites for hydroxylation is 3. The van der Waals surface area contributed by atoms with Crippen LogP contribution < -0.4 is 10.6 Å². The quantitative estimate of drug-likeness (QED) is 0.833. The summed E-state index contributed by atoms with van der Waals surface area (Å²) in [6.07, 6.45) is 2.05. The van der Waals surface area contributed by atoms with Crippen LogP contribution in [0.1, 0.15) is 37.1 Å². The lowest BCUT2D eigenvalue weighted by Crippen LogP contribution is -2.07. The molecule has 0 atom stereocenters. The number of anilines is 3. The maximum Gasteiger partial charge on any atom is 0.224 e. The molecule has 21 heavy (non-hydrogen) atoms. The predicted molar refractivity (Wildman–Crippen MR) is 89.4 cm³/mol. The molecule has 0 aliphatic heterocycles. The van der Waals surface area contributed by atoms with E-state index in [1.165, 1.54) is 11.1 Å². The van der Waals surface area contributed by atoms with Crippen LogP contribution >= 0.6 is 0 Å². The van der Waals surface area contributed by atoms with Crippen molar-refractivity contribution in [3.8, 4) is 0 Å². The first-order chi connectivity index (χ1) is 10.1. The summed E-state index contributed by atoms with van der Waals surface area (Å²) < 4.78 is 0. The molecular formula is C17H24N4. The monoisotopic (exact) mass is 284 g/mol. The summed E-state index contributed by atoms with van der Waals surface area (Å²) in [6, 6.07) is 8.34. The third kappa shape index (κ3) is 3.94. The highest BCUT2D eigenvalue weighted by molar-refractivity contribution is 5.65. The summed E-state index contributed by atoms with van der Waals surface area (Å²) in [6.45, 7) is 9.28. The van der Waals surface area contributed by atoms with Gasteiger partial charge in [-0.05, 0) is 37.8 Å². The highest BCUT2D eigenvalue weighted by Gasteiger charge is 2.07. The van der Waals surface area contributed by atoms with Gasteiger partial charge in [0, 0.05) is 24.0 Å². The lowest BCUT2D eigenvalue weighted by molar-refractivity contribution is 0.947. The zero-order chi connectivity index (χ0) is 15.2. The van der Waals surface area contributed by atoms with Crippen molar-refractivity contribution in [1.29, 1.82) is 0 Å². The average Bonchev–Trinajstić information content (AvgIpc) is 2.46. The maximum absolute atomic E-state index is 4.55. The number of rotatable bonds is 6. The van der Waals surface area contributed by atoms with Crippen LogP contribution in [0.3, 0.4) is 0 Å². The number of benzene rings is 1. The van der Waals surface area contributed by atoms with Crippen molar-refractivity contribution in [2.75, 3.05) is 17.2 Å². The fraction of sp³-hybridized carbons (Fsp3) is 0.412. The van der Waals surface area contributed by atoms with Crippen LogP contribution in [0.15, 0.2) is 24.3 Å². The van der Waals surface area contributed by atoms with Crippen LogP contribution in [0.5, 0.6) is 0 Å². The number of para-hydroxylation sites is 1. The first-order valence-electron chi connectivity index (χ1n) is 7.59. The second kappa shape index (κ2) is 7.07. The van der Waals surface area contributed by atoms with Gasteiger partial charge in [-0.25, -0.2) is 4.98 Å². The van der Waals surface area contributed by atoms with Crippen LogP contribution in [-0.2, 0) is 6.42 Å². The molecule has 112 valence electrons. The molecule has 0 bridgehead atoms. The highest BCUT2D eigenvalue weighted by atomic mass is 15.1. The SMILES string of the molecule is CCCNc1nc(C)cc(Nc2c(C)cccc2CC)n1. The van der Waals surface area contributed by atoms with E-state index in [1.807, 2.05) is 13.0 Å². The zero-order valence-corrected chi connectivity index (χ0v) is 13.3. The predicted octanol–water partition coefficient (Wildman–Crippen LogP) is 4.22. The Kier molecular flexibility index (Phi) is 5.14. The Morgan fingerprint density at radius 1 is 1.10 bits per heavy atom. The Balaban J connectivity index is 2.29. The van der Waals surface area contributed by atoms with Gasteiger partial charge in [-0.15, -0.1) is 0 Å². The van der Waals surface area contributed by atoms with E-state index in [-0.39, 0.29) is 0 Å². The standard InChI is InChI=1S/C17H24N4/c1-5-10-18-17-19-13(4)11-15(21-17)20-16-12(3)8-7-9-14(16)6-2/h7-9,11H,5-6,10H2,1-4H3,(H2,18,19,20,21). The van der Waals surface area contributed by atoms with Gasteiger partial charge in [-0.1, -0.05) is 32.0 Å². The Bertz CT molecular complexity index is 608. The van der Waals surface area contributed by atoms with Crippen molar-refractivity contribution in [2.24, 2.45) is 0 Å². The molecule has 1 heterocycles. The number of nitrogens with zero attached hydrogens (tertiary/aromatic N) is 2. The average molecular weight is 284 g/mol. The minimum atomic E-state index is 0.686. The van der Waals surface area contributed by atoms with Crippen LogP contribution in [0.4, 0.5) is 17.5 Å². The number of aromatic nitrogens is 2. The van der Waals surface area contributed by atoms with Gasteiger partial charge in [0.25, 0.3) is 0 Å². The van der Waals surface area contributed by atoms with Crippen LogP contribution in [-0.4, -0.2) is 16.5 Å². The van der Waals surface area contributed by atoms with Gasteiger partial charge in [0.15, 0.2) is 0 Å². The molecule has 2 N–H and O–H groups in total. The fourth-order valence-electron chi connectivity index (χ4n) is 2.28. The van der Waals surface area contributed by atoms with Crippen LogP contribution in [0.25, 0.3) is 0 Å². The van der Waals surface area contributed by atoms with Gasteiger partial charge in [-0.2, -0.15) is 4.98 Å². The molecule has 0 aliphatic rings. The van der Waals surface area contributed by atoms with E-state index < -0.39 is 0 Å². The Labute approximate surface area is 127 Å². The molecule has 2 aromatic rings. The Hall–Kier alpha value is -2.10. The molecule has 0 amide bonds. The first kappa shape index (κ1) is 15.3. The van der Waals surface area contributed by atoms with E-state index in [2.05, 4.69) is 59.6 Å². The smallest absolute Gasteiger partial charge is 0.224 e. The summed E-state index contributed by atoms with van der Waals surface area (Å²) in [5, 5.41) is 6.70. The number of nitrogens with one attached hydrogen (secondary N) is 2. The van der Waals surface area contributed by atoms with Crippen molar-refractivity contribution in [3.05, 3.63) is 41.1 Å². The van der Waals surface area contributed by atoms with Crippen molar-refractivity contribution in [3.63, 3.8) is 0 Å². The lowest BCUT2D eigenvalue weighted by Gasteiger charge is -2.14. The number of hydrogen-bond donors (Lipinski definition) is 2. The van der Waals surface area contributed by atoms with Crippen LogP contribution in [0, 0.1) is 13.8 Å². The van der Waals surface area contributed by atoms with Crippen molar-refractivity contribution < 1.29 is 0 Å². The van der Waals surface area contributed by atoms with Gasteiger partial charge in [-0.3, -0.25) is 0 Å². The molecule has 0 unspecified atom stereocenters. The summed E-state index contributed by atoms with van der Waals surface area (Å²) in [7, 11) is 0. The molecule has 0 fully saturated rings. The lowest BCUT2D eigenvalue weighted by atomic mass is 10.1. The van der Waals surface area contributed by atoms with E-state index in [1.54, 1.807) is 0 Å². The first-order valence-corrected chi connectivity index (χ1v) is 7.59. The summed E-state index contributed by atoms with van der Waals surface area (Å²) in [5.41, 5.74) is 4.64. The van der Waals surface area contributed by atoms with Gasteiger partial charge in [0.05, 0.1) is 0 Å². The summed E-state index contributed by atoms with van der Waals surface area (Å²) in [5.74, 6) is 1.52. The van der Waals surface area contributed by atoms with Gasteiger partial charge < -0.3 is 10.6 Å². The van der Waals surface area contributed by atoms with E-state index >= 15 is 0 Å². The molecule has 1 aromatic heterocycles. The molecule has 0 saturated carbocycles. The fourth-order valence-corrected chi connectivity index (χ4v) is 2.28. The van der Waals surface area contributed by atoms with Crippen molar-refractivity contribution >= 4 is 17.5 Å². The van der Waals surface area contributed by atoms with E-state index in [0.29, 0.717) is 5.95 Å². The minimum absolute atomic E-state index is 0.686. The molecule has 1 aromatic carbocycles. The Morgan fingerprint density at radius 2 is 1.90 bits per heavy atom. The molecule has 0 aliphatic carbocycles. The number of hydrogen-bond acceptors (Lipinski definition) is 4. The molecule has 0 radical (unpaired) electrons. The molecule has 4 heteroatoms. The van der Waals surface area contributed by atoms with E-state index in [0.717, 1.165) is 36.6 Å². The topological polar surface area (TPSA) is 49.8 Å². The van der Waals surface area contributed by atoms with Gasteiger partial charge in [0.2, 0.25) is 5.95 Å². The zero-order valence-electron chi connectivity index (χ0n) is 13.3.